The molecule has 0 aliphatic heterocycles. The fourth-order valence-electron chi connectivity index (χ4n) is 1.54. The van der Waals surface area contributed by atoms with E-state index >= 15 is 0 Å². The molecule has 17 heavy (non-hydrogen) atoms. The zero-order valence-electron chi connectivity index (χ0n) is 9.14. The molecule has 0 spiro atoms. The number of fused-ring (bicyclic) bond motifs is 1. The van der Waals surface area contributed by atoms with E-state index in [0.29, 0.717) is 11.0 Å². The summed E-state index contributed by atoms with van der Waals surface area (Å²) in [6, 6.07) is 8.56. The maximum Gasteiger partial charge on any atom is 0.325 e. The van der Waals surface area contributed by atoms with Crippen LogP contribution in [0.3, 0.4) is 0 Å². The number of halogens is 1. The first-order valence-corrected chi connectivity index (χ1v) is 5.50. The molecule has 0 aliphatic rings. The molecule has 0 amide bonds. The lowest BCUT2D eigenvalue weighted by Gasteiger charge is -2.12. The molecule has 2 N–H and O–H groups in total. The Bertz CT molecular complexity index is 571. The number of hydrogen-bond acceptors (Lipinski definition) is 3. The van der Waals surface area contributed by atoms with Gasteiger partial charge in [0, 0.05) is 5.39 Å². The third kappa shape index (κ3) is 2.47. The van der Waals surface area contributed by atoms with Crippen LogP contribution < -0.4 is 5.32 Å². The Morgan fingerprint density at radius 2 is 2.18 bits per heavy atom. The molecule has 4 nitrogen and oxygen atoms in total. The van der Waals surface area contributed by atoms with Crippen LogP contribution in [0, 0.1) is 0 Å². The van der Waals surface area contributed by atoms with Crippen LogP contribution in [-0.2, 0) is 4.79 Å². The van der Waals surface area contributed by atoms with Gasteiger partial charge in [-0.2, -0.15) is 0 Å². The van der Waals surface area contributed by atoms with E-state index < -0.39 is 12.0 Å². The van der Waals surface area contributed by atoms with E-state index in [2.05, 4.69) is 10.3 Å². The molecule has 1 atom stereocenters. The molecule has 88 valence electrons. The van der Waals surface area contributed by atoms with Crippen molar-refractivity contribution in [1.29, 1.82) is 0 Å². The van der Waals surface area contributed by atoms with Gasteiger partial charge in [0.1, 0.15) is 17.0 Å². The average molecular weight is 251 g/mol. The third-order valence-electron chi connectivity index (χ3n) is 2.43. The number of anilines is 1. The highest BCUT2D eigenvalue weighted by molar-refractivity contribution is 6.30. The smallest absolute Gasteiger partial charge is 0.325 e. The minimum Gasteiger partial charge on any atom is -0.480 e. The Morgan fingerprint density at radius 3 is 2.88 bits per heavy atom. The van der Waals surface area contributed by atoms with Crippen molar-refractivity contribution in [3.63, 3.8) is 0 Å². The predicted molar refractivity (Wildman–Crippen MR) is 67.5 cm³/mol. The topological polar surface area (TPSA) is 62.2 Å². The van der Waals surface area contributed by atoms with Crippen molar-refractivity contribution < 1.29 is 9.90 Å². The summed E-state index contributed by atoms with van der Waals surface area (Å²) < 4.78 is 0. The van der Waals surface area contributed by atoms with E-state index in [-0.39, 0.29) is 0 Å². The number of benzene rings is 1. The monoisotopic (exact) mass is 250 g/mol. The molecular formula is C12H11ClN2O2. The number of nitrogens with one attached hydrogen (secondary N) is 1. The molecule has 1 aromatic carbocycles. The van der Waals surface area contributed by atoms with E-state index in [1.807, 2.05) is 24.3 Å². The summed E-state index contributed by atoms with van der Waals surface area (Å²) >= 11 is 5.89. The Morgan fingerprint density at radius 1 is 1.47 bits per heavy atom. The molecule has 2 rings (SSSR count). The van der Waals surface area contributed by atoms with Gasteiger partial charge in [0.25, 0.3) is 0 Å². The van der Waals surface area contributed by atoms with Crippen LogP contribution in [-0.4, -0.2) is 22.1 Å². The highest BCUT2D eigenvalue weighted by Crippen LogP contribution is 2.24. The summed E-state index contributed by atoms with van der Waals surface area (Å²) in [6.07, 6.45) is 0. The molecule has 0 saturated heterocycles. The van der Waals surface area contributed by atoms with Gasteiger partial charge in [0.05, 0.1) is 0 Å². The molecule has 1 aromatic heterocycles. The van der Waals surface area contributed by atoms with Gasteiger partial charge in [-0.05, 0) is 18.4 Å². The quantitative estimate of drug-likeness (QED) is 0.823. The van der Waals surface area contributed by atoms with Crippen LogP contribution in [0.5, 0.6) is 0 Å². The van der Waals surface area contributed by atoms with Gasteiger partial charge < -0.3 is 10.4 Å². The summed E-state index contributed by atoms with van der Waals surface area (Å²) in [5.74, 6) is -0.446. The summed E-state index contributed by atoms with van der Waals surface area (Å²) in [6.45, 7) is 1.56. The zero-order chi connectivity index (χ0) is 12.4. The van der Waals surface area contributed by atoms with Gasteiger partial charge in [0.2, 0.25) is 0 Å². The molecule has 0 radical (unpaired) electrons. The first kappa shape index (κ1) is 11.7. The summed E-state index contributed by atoms with van der Waals surface area (Å²) in [5.41, 5.74) is 0. The molecule has 2 aromatic rings. The molecule has 0 fully saturated rings. The Kier molecular flexibility index (Phi) is 3.15. The van der Waals surface area contributed by atoms with Gasteiger partial charge in [0.15, 0.2) is 0 Å². The van der Waals surface area contributed by atoms with Crippen molar-refractivity contribution in [2.24, 2.45) is 0 Å². The maximum absolute atomic E-state index is 10.8. The van der Waals surface area contributed by atoms with E-state index in [1.165, 1.54) is 0 Å². The molecule has 0 aliphatic carbocycles. The van der Waals surface area contributed by atoms with Gasteiger partial charge in [-0.3, -0.25) is 4.79 Å². The maximum atomic E-state index is 10.8. The highest BCUT2D eigenvalue weighted by Gasteiger charge is 2.13. The molecule has 0 bridgehead atoms. The number of nitrogens with zero attached hydrogens (tertiary/aromatic N) is 1. The lowest BCUT2D eigenvalue weighted by molar-refractivity contribution is -0.137. The highest BCUT2D eigenvalue weighted by atomic mass is 35.5. The molecule has 1 heterocycles. The van der Waals surface area contributed by atoms with Crippen LogP contribution in [0.15, 0.2) is 30.3 Å². The van der Waals surface area contributed by atoms with Crippen LogP contribution in [0.1, 0.15) is 6.92 Å². The van der Waals surface area contributed by atoms with E-state index in [1.54, 1.807) is 13.0 Å². The molecule has 1 unspecified atom stereocenters. The first-order valence-electron chi connectivity index (χ1n) is 5.12. The minimum absolute atomic E-state index is 0.337. The molecule has 0 saturated carbocycles. The van der Waals surface area contributed by atoms with Gasteiger partial charge in [-0.25, -0.2) is 4.98 Å². The summed E-state index contributed by atoms with van der Waals surface area (Å²) in [5, 5.41) is 13.8. The van der Waals surface area contributed by atoms with Crippen molar-refractivity contribution in [3.8, 4) is 0 Å². The van der Waals surface area contributed by atoms with Crippen LogP contribution in [0.25, 0.3) is 10.8 Å². The second-order valence-electron chi connectivity index (χ2n) is 3.72. The number of carbonyl (C=O) groups is 1. The lowest BCUT2D eigenvalue weighted by Crippen LogP contribution is -2.26. The summed E-state index contributed by atoms with van der Waals surface area (Å²) in [4.78, 5) is 14.9. The number of hydrogen-bond donors (Lipinski definition) is 2. The normalized spacial score (nSPS) is 12.4. The Balaban J connectivity index is 2.49. The zero-order valence-corrected chi connectivity index (χ0v) is 9.90. The van der Waals surface area contributed by atoms with Crippen molar-refractivity contribution in [3.05, 3.63) is 35.5 Å². The summed E-state index contributed by atoms with van der Waals surface area (Å²) in [7, 11) is 0. The average Bonchev–Trinajstić information content (AvgIpc) is 2.28. The number of rotatable bonds is 3. The first-order chi connectivity index (χ1) is 8.08. The second-order valence-corrected chi connectivity index (χ2v) is 4.11. The number of aliphatic carboxylic acids is 1. The molecule has 5 heteroatoms. The Labute approximate surface area is 103 Å². The van der Waals surface area contributed by atoms with Gasteiger partial charge in [-0.15, -0.1) is 0 Å². The fraction of sp³-hybridized carbons (Fsp3) is 0.167. The predicted octanol–water partition coefficient (Wildman–Crippen LogP) is 2.77. The van der Waals surface area contributed by atoms with Crippen LogP contribution in [0.2, 0.25) is 5.15 Å². The van der Waals surface area contributed by atoms with Crippen molar-refractivity contribution in [2.75, 3.05) is 5.32 Å². The number of carboxylic acid groups (broad SMARTS) is 1. The van der Waals surface area contributed by atoms with Crippen molar-refractivity contribution in [1.82, 2.24) is 4.98 Å². The van der Waals surface area contributed by atoms with E-state index in [0.717, 1.165) is 10.8 Å². The van der Waals surface area contributed by atoms with Gasteiger partial charge >= 0.3 is 5.97 Å². The fourth-order valence-corrected chi connectivity index (χ4v) is 1.75. The SMILES string of the molecule is CC(Nc1nc(Cl)cc2ccccc12)C(=O)O. The van der Waals surface area contributed by atoms with Crippen molar-refractivity contribution in [2.45, 2.75) is 13.0 Å². The van der Waals surface area contributed by atoms with Gasteiger partial charge in [-0.1, -0.05) is 35.9 Å². The minimum atomic E-state index is -0.934. The second kappa shape index (κ2) is 4.59. The van der Waals surface area contributed by atoms with Crippen LogP contribution in [0.4, 0.5) is 5.82 Å². The molecular weight excluding hydrogens is 240 g/mol. The largest absolute Gasteiger partial charge is 0.480 e. The van der Waals surface area contributed by atoms with E-state index in [4.69, 9.17) is 16.7 Å². The van der Waals surface area contributed by atoms with Crippen LogP contribution >= 0.6 is 11.6 Å². The third-order valence-corrected chi connectivity index (χ3v) is 2.63. The lowest BCUT2D eigenvalue weighted by atomic mass is 10.1. The number of aromatic nitrogens is 1. The standard InChI is InChI=1S/C12H11ClN2O2/c1-7(12(16)17)14-11-9-5-3-2-4-8(9)6-10(13)15-11/h2-7H,1H3,(H,14,15)(H,16,17). The Hall–Kier alpha value is -1.81. The van der Waals surface area contributed by atoms with E-state index in [9.17, 15) is 4.79 Å². The number of carboxylic acids is 1. The van der Waals surface area contributed by atoms with Crippen molar-refractivity contribution >= 4 is 34.2 Å². The number of pyridine rings is 1.